The van der Waals surface area contributed by atoms with Gasteiger partial charge in [-0.3, -0.25) is 14.5 Å². The van der Waals surface area contributed by atoms with Crippen LogP contribution in [0.3, 0.4) is 0 Å². The van der Waals surface area contributed by atoms with Gasteiger partial charge in [-0.15, -0.1) is 0 Å². The zero-order chi connectivity index (χ0) is 23.8. The number of benzene rings is 1. The van der Waals surface area contributed by atoms with Gasteiger partial charge in [0, 0.05) is 68.5 Å². The van der Waals surface area contributed by atoms with Gasteiger partial charge in [-0.25, -0.2) is 0 Å². The lowest BCUT2D eigenvalue weighted by Crippen LogP contribution is -2.43. The van der Waals surface area contributed by atoms with Gasteiger partial charge in [0.15, 0.2) is 11.5 Å². The van der Waals surface area contributed by atoms with Gasteiger partial charge in [-0.1, -0.05) is 11.6 Å². The Hall–Kier alpha value is -2.75. The molecule has 1 atom stereocenters. The average Bonchev–Trinajstić information content (AvgIpc) is 3.16. The number of carbonyl (C=O) groups excluding carboxylic acids is 1. The van der Waals surface area contributed by atoms with Gasteiger partial charge in [0.05, 0.1) is 13.2 Å². The van der Waals surface area contributed by atoms with Gasteiger partial charge in [-0.05, 0) is 24.5 Å². The molecule has 182 valence electrons. The predicted octanol–water partition coefficient (Wildman–Crippen LogP) is 1.89. The van der Waals surface area contributed by atoms with E-state index in [1.54, 1.807) is 15.5 Å². The Morgan fingerprint density at radius 1 is 1.18 bits per heavy atom. The van der Waals surface area contributed by atoms with Gasteiger partial charge < -0.3 is 28.8 Å². The first-order chi connectivity index (χ1) is 16.4. The second-order valence-electron chi connectivity index (χ2n) is 8.89. The third-order valence-corrected chi connectivity index (χ3v) is 7.09. The summed E-state index contributed by atoms with van der Waals surface area (Å²) in [6.45, 7) is 3.34. The minimum atomic E-state index is -0.532. The van der Waals surface area contributed by atoms with Crippen molar-refractivity contribution in [2.75, 3.05) is 40.1 Å². The molecular weight excluding hydrogens is 462 g/mol. The van der Waals surface area contributed by atoms with E-state index in [1.165, 1.54) is 13.2 Å². The molecule has 1 saturated heterocycles. The normalized spacial score (nSPS) is 20.1. The molecule has 0 spiro atoms. The van der Waals surface area contributed by atoms with Crippen molar-refractivity contribution < 1.29 is 24.1 Å². The number of hydrogen-bond donors (Lipinski definition) is 1. The number of aromatic nitrogens is 1. The minimum absolute atomic E-state index is 0.184. The van der Waals surface area contributed by atoms with E-state index < -0.39 is 6.10 Å². The molecule has 3 aliphatic heterocycles. The first-order valence-electron chi connectivity index (χ1n) is 11.5. The first kappa shape index (κ1) is 23.0. The van der Waals surface area contributed by atoms with Crippen LogP contribution in [0.4, 0.5) is 0 Å². The number of pyridine rings is 1. The van der Waals surface area contributed by atoms with E-state index in [4.69, 9.17) is 25.8 Å². The highest BCUT2D eigenvalue weighted by molar-refractivity contribution is 6.31. The lowest BCUT2D eigenvalue weighted by molar-refractivity contribution is 0.0469. The number of aliphatic hydroxyl groups is 1. The summed E-state index contributed by atoms with van der Waals surface area (Å²) in [4.78, 5) is 30.3. The van der Waals surface area contributed by atoms with Crippen LogP contribution in [0.5, 0.6) is 17.2 Å². The number of ether oxygens (including phenoxy) is 3. The summed E-state index contributed by atoms with van der Waals surface area (Å²) in [6.07, 6.45) is 1.40. The van der Waals surface area contributed by atoms with Gasteiger partial charge in [0.25, 0.3) is 11.5 Å². The van der Waals surface area contributed by atoms with Crippen molar-refractivity contribution in [2.24, 2.45) is 0 Å². The van der Waals surface area contributed by atoms with Crippen LogP contribution in [0.1, 0.15) is 34.5 Å². The van der Waals surface area contributed by atoms with Crippen LogP contribution in [0, 0.1) is 0 Å². The van der Waals surface area contributed by atoms with Gasteiger partial charge >= 0.3 is 0 Å². The fraction of sp³-hybridized carbons (Fsp3) is 0.500. The molecule has 5 rings (SSSR count). The molecule has 1 fully saturated rings. The van der Waals surface area contributed by atoms with Crippen LogP contribution in [0.2, 0.25) is 5.02 Å². The molecule has 10 heteroatoms. The second-order valence-corrected chi connectivity index (χ2v) is 9.30. The van der Waals surface area contributed by atoms with E-state index in [-0.39, 0.29) is 30.6 Å². The lowest BCUT2D eigenvalue weighted by atomic mass is 10.0. The zero-order valence-corrected chi connectivity index (χ0v) is 19.8. The number of nitrogens with zero attached hydrogens (tertiary/aromatic N) is 3. The van der Waals surface area contributed by atoms with Crippen LogP contribution < -0.4 is 19.8 Å². The van der Waals surface area contributed by atoms with Crippen molar-refractivity contribution in [1.29, 1.82) is 0 Å². The van der Waals surface area contributed by atoms with Crippen molar-refractivity contribution in [2.45, 2.75) is 38.5 Å². The third kappa shape index (κ3) is 4.35. The molecule has 1 N–H and O–H groups in total. The van der Waals surface area contributed by atoms with Crippen molar-refractivity contribution in [3.05, 3.63) is 50.4 Å². The molecule has 9 nitrogen and oxygen atoms in total. The zero-order valence-electron chi connectivity index (χ0n) is 19.1. The van der Waals surface area contributed by atoms with E-state index >= 15 is 0 Å². The highest BCUT2D eigenvalue weighted by Gasteiger charge is 2.30. The number of piperidine rings is 1. The number of carbonyl (C=O) groups is 1. The highest BCUT2D eigenvalue weighted by Crippen LogP contribution is 2.37. The summed E-state index contributed by atoms with van der Waals surface area (Å²) in [5, 5.41) is 10.7. The van der Waals surface area contributed by atoms with Crippen LogP contribution in [-0.2, 0) is 19.5 Å². The van der Waals surface area contributed by atoms with Crippen molar-refractivity contribution >= 4 is 17.5 Å². The molecule has 0 unspecified atom stereocenters. The number of β-amino-alcohol motifs (C(OH)–C–C–N with tert-alkyl or cyclic N) is 1. The smallest absolute Gasteiger partial charge is 0.259 e. The Morgan fingerprint density at radius 2 is 1.97 bits per heavy atom. The predicted molar refractivity (Wildman–Crippen MR) is 125 cm³/mol. The number of aliphatic hydroxyl groups excluding tert-OH is 1. The van der Waals surface area contributed by atoms with E-state index in [2.05, 4.69) is 4.90 Å². The highest BCUT2D eigenvalue weighted by atomic mass is 35.5. The van der Waals surface area contributed by atoms with Crippen molar-refractivity contribution in [1.82, 2.24) is 14.4 Å². The first-order valence-corrected chi connectivity index (χ1v) is 11.9. The van der Waals surface area contributed by atoms with Gasteiger partial charge in [0.1, 0.15) is 11.3 Å². The van der Waals surface area contributed by atoms with E-state index in [9.17, 15) is 14.7 Å². The van der Waals surface area contributed by atoms with Gasteiger partial charge in [-0.2, -0.15) is 0 Å². The molecule has 0 aliphatic carbocycles. The minimum Gasteiger partial charge on any atom is -0.496 e. The average molecular weight is 490 g/mol. The maximum atomic E-state index is 13.5. The molecule has 34 heavy (non-hydrogen) atoms. The molecule has 0 radical (unpaired) electrons. The number of halogens is 1. The summed E-state index contributed by atoms with van der Waals surface area (Å²) in [6, 6.07) is 5.06. The van der Waals surface area contributed by atoms with Gasteiger partial charge in [0.2, 0.25) is 6.79 Å². The Kier molecular flexibility index (Phi) is 6.42. The van der Waals surface area contributed by atoms with E-state index in [0.29, 0.717) is 73.3 Å². The molecule has 2 aromatic rings. The largest absolute Gasteiger partial charge is 0.496 e. The number of likely N-dealkylation sites (tertiary alicyclic amines) is 1. The summed E-state index contributed by atoms with van der Waals surface area (Å²) >= 11 is 6.48. The fourth-order valence-corrected chi connectivity index (χ4v) is 5.17. The summed E-state index contributed by atoms with van der Waals surface area (Å²) < 4.78 is 18.0. The third-order valence-electron chi connectivity index (χ3n) is 6.74. The maximum absolute atomic E-state index is 13.5. The topological polar surface area (TPSA) is 93.5 Å². The van der Waals surface area contributed by atoms with Crippen LogP contribution in [0.25, 0.3) is 0 Å². The van der Waals surface area contributed by atoms with E-state index in [1.807, 2.05) is 6.07 Å². The molecule has 0 bridgehead atoms. The maximum Gasteiger partial charge on any atom is 0.259 e. The molecule has 1 aromatic carbocycles. The SMILES string of the molecule is COc1cc(=O)n2c(c1C(=O)N1CCC[C@@H](O)C1)CCN(Cc1cc3c(cc1Cl)OCO3)CC2. The molecule has 3 aliphatic rings. The van der Waals surface area contributed by atoms with Crippen molar-refractivity contribution in [3.8, 4) is 17.2 Å². The summed E-state index contributed by atoms with van der Waals surface area (Å²) in [5.41, 5.74) is 1.82. The molecule has 1 amide bonds. The summed E-state index contributed by atoms with van der Waals surface area (Å²) in [7, 11) is 1.47. The molecular formula is C24H28ClN3O6. The standard InChI is InChI=1S/C24H28ClN3O6/c1-32-21-11-22(30)28-8-7-26(12-15-9-19-20(10-17(15)25)34-14-33-19)6-4-18(28)23(21)24(31)27-5-2-3-16(29)13-27/h9-11,16,29H,2-8,12-14H2,1H3/t16-/m1/s1. The monoisotopic (exact) mass is 489 g/mol. The molecule has 4 heterocycles. The van der Waals surface area contributed by atoms with Crippen molar-refractivity contribution in [3.63, 3.8) is 0 Å². The van der Waals surface area contributed by atoms with Crippen LogP contribution >= 0.6 is 11.6 Å². The molecule has 1 aromatic heterocycles. The number of fused-ring (bicyclic) bond motifs is 2. The number of methoxy groups -OCH3 is 1. The molecule has 0 saturated carbocycles. The Bertz CT molecular complexity index is 1170. The summed E-state index contributed by atoms with van der Waals surface area (Å²) in [5.74, 6) is 1.40. The Labute approximate surface area is 202 Å². The quantitative estimate of drug-likeness (QED) is 0.701. The number of rotatable bonds is 4. The number of hydrogen-bond acceptors (Lipinski definition) is 7. The number of amides is 1. The Morgan fingerprint density at radius 3 is 2.74 bits per heavy atom. The van der Waals surface area contributed by atoms with Crippen LogP contribution in [-0.4, -0.2) is 71.6 Å². The van der Waals surface area contributed by atoms with Crippen LogP contribution in [0.15, 0.2) is 23.0 Å². The lowest BCUT2D eigenvalue weighted by Gasteiger charge is -2.31. The fourth-order valence-electron chi connectivity index (χ4n) is 4.96. The second kappa shape index (κ2) is 9.48. The van der Waals surface area contributed by atoms with E-state index in [0.717, 1.165) is 12.0 Å². The Balaban J connectivity index is 1.42.